The van der Waals surface area contributed by atoms with Gasteiger partial charge in [0.15, 0.2) is 5.82 Å². The second kappa shape index (κ2) is 13.4. The Hall–Kier alpha value is -3.84. The van der Waals surface area contributed by atoms with Gasteiger partial charge >= 0.3 is 13.7 Å². The van der Waals surface area contributed by atoms with Gasteiger partial charge in [-0.3, -0.25) is 9.32 Å². The fraction of sp³-hybridized carbons (Fsp3) is 0.367. The van der Waals surface area contributed by atoms with Crippen molar-refractivity contribution in [1.29, 1.82) is 0 Å². The Morgan fingerprint density at radius 1 is 1.14 bits per heavy atom. The summed E-state index contributed by atoms with van der Waals surface area (Å²) in [4.78, 5) is 16.9. The summed E-state index contributed by atoms with van der Waals surface area (Å²) in [5.74, 6) is -0.162. The average molecular weight is 626 g/mol. The monoisotopic (exact) mass is 625 g/mol. The van der Waals surface area contributed by atoms with E-state index < -0.39 is 50.3 Å². The maximum absolute atomic E-state index is 14.3. The number of hydrogen-bond donors (Lipinski definition) is 4. The normalized spacial score (nSPS) is 23.7. The van der Waals surface area contributed by atoms with Crippen LogP contribution in [0.3, 0.4) is 0 Å². The number of nitrogens with one attached hydrogen (secondary N) is 1. The smallest absolute Gasteiger partial charge is 0.459 e. The number of aryl methyl sites for hydroxylation is 1. The van der Waals surface area contributed by atoms with Crippen LogP contribution in [-0.4, -0.2) is 68.3 Å². The molecule has 5 rings (SSSR count). The molecule has 1 aliphatic heterocycles. The Morgan fingerprint density at radius 3 is 2.55 bits per heavy atom. The number of carbonyl (C=O) groups excluding carboxylic acids is 1. The van der Waals surface area contributed by atoms with Crippen molar-refractivity contribution in [3.63, 3.8) is 0 Å². The third-order valence-corrected chi connectivity index (χ3v) is 9.05. The molecule has 13 nitrogen and oxygen atoms in total. The number of benzene rings is 2. The molecule has 4 aromatic rings. The molecule has 2 aromatic carbocycles. The lowest BCUT2D eigenvalue weighted by Gasteiger charge is -2.28. The number of aromatic nitrogens is 3. The molecule has 0 amide bonds. The van der Waals surface area contributed by atoms with Gasteiger partial charge in [-0.2, -0.15) is 10.2 Å². The van der Waals surface area contributed by atoms with Gasteiger partial charge in [-0.15, -0.1) is 0 Å². The zero-order valence-corrected chi connectivity index (χ0v) is 25.2. The van der Waals surface area contributed by atoms with E-state index in [9.17, 15) is 19.6 Å². The lowest BCUT2D eigenvalue weighted by Crippen LogP contribution is -2.40. The number of carbonyl (C=O) groups is 1. The number of hydrogen-bond acceptors (Lipinski definition) is 11. The number of fused-ring (bicyclic) bond motifs is 1. The third kappa shape index (κ3) is 6.78. The molecule has 1 aliphatic rings. The summed E-state index contributed by atoms with van der Waals surface area (Å²) in [5, 5.41) is 29.1. The Balaban J connectivity index is 1.37. The molecule has 44 heavy (non-hydrogen) atoms. The third-order valence-electron chi connectivity index (χ3n) is 7.48. The van der Waals surface area contributed by atoms with Gasteiger partial charge in [-0.1, -0.05) is 48.5 Å². The highest BCUT2D eigenvalue weighted by Gasteiger charge is 2.54. The Kier molecular flexibility index (Phi) is 9.64. The summed E-state index contributed by atoms with van der Waals surface area (Å²) in [6.45, 7) is 2.94. The van der Waals surface area contributed by atoms with Crippen LogP contribution >= 0.6 is 7.75 Å². The van der Waals surface area contributed by atoms with Gasteiger partial charge in [0, 0.05) is 0 Å². The van der Waals surface area contributed by atoms with Crippen molar-refractivity contribution >= 4 is 25.1 Å². The first-order chi connectivity index (χ1) is 21.1. The van der Waals surface area contributed by atoms with Gasteiger partial charge in [0.1, 0.15) is 47.5 Å². The van der Waals surface area contributed by atoms with Gasteiger partial charge < -0.3 is 29.9 Å². The molecular formula is C30H36N5O8P. The average Bonchev–Trinajstić information content (AvgIpc) is 3.56. The first-order valence-electron chi connectivity index (χ1n) is 14.2. The molecule has 14 heteroatoms. The SMILES string of the molecule is CCOC(=O)[C@H](CCc1ccccc1)NP(=O)(OC[C@H]1O[C@@](C)(c2ccc3c(N)ncnn23)[C@H](O)[C@@H]1O)Oc1ccccc1. The zero-order chi connectivity index (χ0) is 31.3. The lowest BCUT2D eigenvalue weighted by molar-refractivity contribution is -0.145. The predicted octanol–water partition coefficient (Wildman–Crippen LogP) is 3.01. The molecule has 6 atom stereocenters. The maximum Gasteiger partial charge on any atom is 0.459 e. The number of anilines is 1. The largest absolute Gasteiger partial charge is 0.465 e. The first-order valence-corrected chi connectivity index (χ1v) is 15.8. The molecule has 234 valence electrons. The number of nitrogens with zero attached hydrogens (tertiary/aromatic N) is 3. The van der Waals surface area contributed by atoms with Crippen LogP contribution in [0, 0.1) is 0 Å². The molecule has 5 N–H and O–H groups in total. The quantitative estimate of drug-likeness (QED) is 0.126. The van der Waals surface area contributed by atoms with Crippen LogP contribution in [0.5, 0.6) is 5.75 Å². The molecule has 0 bridgehead atoms. The molecule has 1 unspecified atom stereocenters. The van der Waals surface area contributed by atoms with E-state index >= 15 is 0 Å². The van der Waals surface area contributed by atoms with Gasteiger partial charge in [0.2, 0.25) is 0 Å². The fourth-order valence-electron chi connectivity index (χ4n) is 5.16. The molecule has 0 aliphatic carbocycles. The van der Waals surface area contributed by atoms with E-state index in [1.54, 1.807) is 56.3 Å². The van der Waals surface area contributed by atoms with Crippen LogP contribution in [0.2, 0.25) is 0 Å². The number of aliphatic hydroxyl groups excluding tert-OH is 2. The minimum Gasteiger partial charge on any atom is -0.465 e. The highest BCUT2D eigenvalue weighted by atomic mass is 31.2. The number of esters is 1. The molecule has 3 heterocycles. The highest BCUT2D eigenvalue weighted by Crippen LogP contribution is 2.47. The molecule has 2 aromatic heterocycles. The molecule has 0 saturated carbocycles. The van der Waals surface area contributed by atoms with E-state index in [1.807, 2.05) is 30.3 Å². The van der Waals surface area contributed by atoms with E-state index in [4.69, 9.17) is 24.3 Å². The second-order valence-electron chi connectivity index (χ2n) is 10.5. The van der Waals surface area contributed by atoms with Crippen molar-refractivity contribution in [2.24, 2.45) is 0 Å². The van der Waals surface area contributed by atoms with Crippen molar-refractivity contribution < 1.29 is 38.1 Å². The van der Waals surface area contributed by atoms with Gasteiger partial charge in [-0.05, 0) is 56.5 Å². The van der Waals surface area contributed by atoms with Crippen LogP contribution in [0.4, 0.5) is 5.82 Å². The molecule has 0 spiro atoms. The van der Waals surface area contributed by atoms with E-state index in [-0.39, 0.29) is 24.6 Å². The second-order valence-corrected chi connectivity index (χ2v) is 12.2. The minimum absolute atomic E-state index is 0.122. The highest BCUT2D eigenvalue weighted by molar-refractivity contribution is 7.52. The van der Waals surface area contributed by atoms with Crippen LogP contribution < -0.4 is 15.3 Å². The van der Waals surface area contributed by atoms with Crippen LogP contribution in [0.25, 0.3) is 5.52 Å². The number of nitrogens with two attached hydrogens (primary N) is 1. The summed E-state index contributed by atoms with van der Waals surface area (Å²) in [6, 6.07) is 20.2. The van der Waals surface area contributed by atoms with Gasteiger partial charge in [-0.25, -0.2) is 14.1 Å². The summed E-state index contributed by atoms with van der Waals surface area (Å²) in [5.41, 5.74) is 6.41. The van der Waals surface area contributed by atoms with Crippen molar-refractivity contribution in [2.75, 3.05) is 18.9 Å². The standard InChI is InChI=1S/C30H36N5O8P/c1-3-40-29(38)22(15-14-20-10-6-4-7-11-20)34-44(39,43-21-12-8-5-9-13-21)41-18-24-26(36)27(37)30(2,42-24)25-17-16-23-28(31)32-19-33-35(23)25/h4-13,16-17,19,22,24,26-27,36-37H,3,14-15,18H2,1-2H3,(H,34,39)(H2,31,32,33)/t22-,24+,26+,27+,30-,44?/m0/s1. The molecule has 1 saturated heterocycles. The zero-order valence-electron chi connectivity index (χ0n) is 24.4. The van der Waals surface area contributed by atoms with E-state index in [0.29, 0.717) is 17.6 Å². The van der Waals surface area contributed by atoms with Crippen molar-refractivity contribution in [2.45, 2.75) is 56.6 Å². The minimum atomic E-state index is -4.31. The van der Waals surface area contributed by atoms with Crippen molar-refractivity contribution in [1.82, 2.24) is 19.7 Å². The first kappa shape index (κ1) is 31.6. The summed E-state index contributed by atoms with van der Waals surface area (Å²) in [7, 11) is -4.31. The van der Waals surface area contributed by atoms with Crippen LogP contribution in [-0.2, 0) is 35.4 Å². The summed E-state index contributed by atoms with van der Waals surface area (Å²) in [6.07, 6.45) is -2.00. The topological polar surface area (TPSA) is 180 Å². The summed E-state index contributed by atoms with van der Waals surface area (Å²) < 4.78 is 38.8. The number of ether oxygens (including phenoxy) is 2. The maximum atomic E-state index is 14.3. The predicted molar refractivity (Wildman–Crippen MR) is 161 cm³/mol. The molecule has 1 fully saturated rings. The number of aliphatic hydroxyl groups is 2. The Labute approximate surface area is 254 Å². The number of nitrogen functional groups attached to an aromatic ring is 1. The van der Waals surface area contributed by atoms with Crippen LogP contribution in [0.15, 0.2) is 79.1 Å². The lowest BCUT2D eigenvalue weighted by atomic mass is 9.93. The van der Waals surface area contributed by atoms with E-state index in [0.717, 1.165) is 5.56 Å². The molecule has 0 radical (unpaired) electrons. The number of para-hydroxylation sites is 1. The van der Waals surface area contributed by atoms with E-state index in [1.165, 1.54) is 10.8 Å². The molecular weight excluding hydrogens is 589 g/mol. The van der Waals surface area contributed by atoms with Crippen molar-refractivity contribution in [3.05, 3.63) is 90.4 Å². The van der Waals surface area contributed by atoms with Gasteiger partial charge in [0.05, 0.1) is 18.9 Å². The van der Waals surface area contributed by atoms with Gasteiger partial charge in [0.25, 0.3) is 0 Å². The Bertz CT molecular complexity index is 1610. The fourth-order valence-corrected chi connectivity index (χ4v) is 6.70. The number of rotatable bonds is 13. The Morgan fingerprint density at radius 2 is 1.84 bits per heavy atom. The van der Waals surface area contributed by atoms with Crippen LogP contribution in [0.1, 0.15) is 31.5 Å². The summed E-state index contributed by atoms with van der Waals surface area (Å²) >= 11 is 0. The van der Waals surface area contributed by atoms with Crippen molar-refractivity contribution in [3.8, 4) is 5.75 Å². The van der Waals surface area contributed by atoms with E-state index in [2.05, 4.69) is 15.2 Å².